The number of ether oxygens (including phenoxy) is 1. The molecule has 204 valence electrons. The van der Waals surface area contributed by atoms with Gasteiger partial charge in [-0.25, -0.2) is 17.6 Å². The summed E-state index contributed by atoms with van der Waals surface area (Å²) in [6, 6.07) is 9.16. The fourth-order valence-corrected chi connectivity index (χ4v) is 6.30. The minimum atomic E-state index is -4.67. The molecule has 1 aliphatic carbocycles. The standard InChI is InChI=1S/C26H25FN4O7S/c1-37-23-13-18(11-16-5-3-2-4-6-16)20(27)14-22(23)30-21-9-8-19(12-17(21)7-10-24(30)32)39(35,36)31(26(33)34)25-28-15-38-29-25/h7-10,12-16H,2-6,11H2,1H3,(H,33,34). The van der Waals surface area contributed by atoms with E-state index in [4.69, 9.17) is 4.74 Å². The van der Waals surface area contributed by atoms with E-state index in [2.05, 4.69) is 14.7 Å². The van der Waals surface area contributed by atoms with Gasteiger partial charge in [-0.15, -0.1) is 4.31 Å². The molecule has 0 unspecified atom stereocenters. The van der Waals surface area contributed by atoms with Gasteiger partial charge in [-0.1, -0.05) is 32.1 Å². The molecule has 2 aromatic heterocycles. The van der Waals surface area contributed by atoms with E-state index >= 15 is 4.39 Å². The van der Waals surface area contributed by atoms with Crippen LogP contribution < -0.4 is 14.6 Å². The number of sulfonamides is 1. The average molecular weight is 557 g/mol. The monoisotopic (exact) mass is 556 g/mol. The van der Waals surface area contributed by atoms with Crippen molar-refractivity contribution in [2.24, 2.45) is 5.92 Å². The first-order valence-corrected chi connectivity index (χ1v) is 13.7. The van der Waals surface area contributed by atoms with Crippen LogP contribution >= 0.6 is 0 Å². The Bertz CT molecular complexity index is 1700. The van der Waals surface area contributed by atoms with Crippen molar-refractivity contribution in [2.75, 3.05) is 11.4 Å². The second-order valence-electron chi connectivity index (χ2n) is 9.33. The minimum absolute atomic E-state index is 0.0167. The summed E-state index contributed by atoms with van der Waals surface area (Å²) in [6.07, 6.45) is 5.08. The summed E-state index contributed by atoms with van der Waals surface area (Å²) in [6.45, 7) is 0. The molecule has 0 atom stereocenters. The molecule has 0 saturated heterocycles. The Morgan fingerprint density at radius 1 is 1.18 bits per heavy atom. The zero-order valence-electron chi connectivity index (χ0n) is 20.9. The molecule has 11 nitrogen and oxygen atoms in total. The van der Waals surface area contributed by atoms with E-state index < -0.39 is 38.3 Å². The molecule has 2 heterocycles. The van der Waals surface area contributed by atoms with Gasteiger partial charge in [0.1, 0.15) is 11.6 Å². The fraction of sp³-hybridized carbons (Fsp3) is 0.308. The number of fused-ring (bicyclic) bond motifs is 1. The van der Waals surface area contributed by atoms with Crippen LogP contribution in [0.25, 0.3) is 16.6 Å². The van der Waals surface area contributed by atoms with Gasteiger partial charge < -0.3 is 14.4 Å². The Labute approximate surface area is 222 Å². The van der Waals surface area contributed by atoms with Crippen molar-refractivity contribution in [3.63, 3.8) is 0 Å². The van der Waals surface area contributed by atoms with Gasteiger partial charge in [0.15, 0.2) is 0 Å². The quantitative estimate of drug-likeness (QED) is 0.347. The predicted molar refractivity (Wildman–Crippen MR) is 138 cm³/mol. The molecule has 2 aromatic carbocycles. The minimum Gasteiger partial charge on any atom is -0.495 e. The molecule has 1 saturated carbocycles. The molecule has 0 aliphatic heterocycles. The fourth-order valence-electron chi connectivity index (χ4n) is 5.07. The summed E-state index contributed by atoms with van der Waals surface area (Å²) in [5.41, 5.74) is 0.447. The van der Waals surface area contributed by atoms with Gasteiger partial charge >= 0.3 is 6.09 Å². The van der Waals surface area contributed by atoms with Gasteiger partial charge in [-0.3, -0.25) is 9.36 Å². The molecule has 0 bridgehead atoms. The molecule has 0 spiro atoms. The molecule has 1 aliphatic rings. The maximum Gasteiger partial charge on any atom is 0.428 e. The number of benzene rings is 2. The second kappa shape index (κ2) is 10.5. The number of aromatic nitrogens is 3. The van der Waals surface area contributed by atoms with Crippen LogP contribution in [0.15, 0.2) is 63.1 Å². The largest absolute Gasteiger partial charge is 0.495 e. The van der Waals surface area contributed by atoms with Crippen molar-refractivity contribution in [3.05, 3.63) is 70.6 Å². The van der Waals surface area contributed by atoms with Crippen LogP contribution in [0.1, 0.15) is 37.7 Å². The maximum absolute atomic E-state index is 15.3. The third-order valence-corrected chi connectivity index (χ3v) is 8.58. The third-order valence-electron chi connectivity index (χ3n) is 6.93. The van der Waals surface area contributed by atoms with Crippen LogP contribution in [0.3, 0.4) is 0 Å². The highest BCUT2D eigenvalue weighted by Gasteiger charge is 2.34. The SMILES string of the molecule is COc1cc(CC2CCCCC2)c(F)cc1-n1c(=O)ccc2cc(S(=O)(=O)N(C(=O)O)c3ncon3)ccc21. The summed E-state index contributed by atoms with van der Waals surface area (Å²) in [7, 11) is -3.23. The summed E-state index contributed by atoms with van der Waals surface area (Å²) >= 11 is 0. The van der Waals surface area contributed by atoms with Crippen molar-refractivity contribution in [2.45, 2.75) is 43.4 Å². The molecular weight excluding hydrogens is 531 g/mol. The van der Waals surface area contributed by atoms with E-state index in [1.54, 1.807) is 6.07 Å². The van der Waals surface area contributed by atoms with E-state index in [0.29, 0.717) is 23.7 Å². The number of pyridine rings is 1. The Morgan fingerprint density at radius 3 is 2.62 bits per heavy atom. The highest BCUT2D eigenvalue weighted by Crippen LogP contribution is 2.33. The van der Waals surface area contributed by atoms with Crippen LogP contribution in [0.2, 0.25) is 0 Å². The smallest absolute Gasteiger partial charge is 0.428 e. The summed E-state index contributed by atoms with van der Waals surface area (Å²) < 4.78 is 52.9. The highest BCUT2D eigenvalue weighted by molar-refractivity contribution is 7.93. The molecule has 5 rings (SSSR count). The average Bonchev–Trinajstić information content (AvgIpc) is 3.43. The van der Waals surface area contributed by atoms with Crippen LogP contribution in [0.4, 0.5) is 15.1 Å². The lowest BCUT2D eigenvalue weighted by molar-refractivity contribution is 0.205. The van der Waals surface area contributed by atoms with E-state index in [9.17, 15) is 23.1 Å². The van der Waals surface area contributed by atoms with Gasteiger partial charge in [0.2, 0.25) is 6.39 Å². The number of carboxylic acid groups (broad SMARTS) is 1. The number of nitrogens with zero attached hydrogens (tertiary/aromatic N) is 4. The number of halogens is 1. The van der Waals surface area contributed by atoms with Gasteiger partial charge in [0.25, 0.3) is 21.5 Å². The molecule has 39 heavy (non-hydrogen) atoms. The maximum atomic E-state index is 15.3. The number of amides is 1. The molecule has 1 amide bonds. The number of rotatable bonds is 7. The summed E-state index contributed by atoms with van der Waals surface area (Å²) in [5, 5.41) is 13.1. The zero-order chi connectivity index (χ0) is 27.7. The molecular formula is C26H25FN4O7S. The van der Waals surface area contributed by atoms with E-state index in [1.165, 1.54) is 48.4 Å². The first kappa shape index (κ1) is 26.4. The first-order chi connectivity index (χ1) is 18.7. The Kier molecular flexibility index (Phi) is 7.08. The van der Waals surface area contributed by atoms with E-state index in [1.807, 2.05) is 0 Å². The number of carbonyl (C=O) groups is 1. The second-order valence-corrected chi connectivity index (χ2v) is 11.1. The topological polar surface area (TPSA) is 145 Å². The summed E-state index contributed by atoms with van der Waals surface area (Å²) in [4.78, 5) is 27.9. The van der Waals surface area contributed by atoms with Gasteiger partial charge in [-0.05, 0) is 53.4 Å². The summed E-state index contributed by atoms with van der Waals surface area (Å²) in [5.74, 6) is -0.456. The van der Waals surface area contributed by atoms with E-state index in [-0.39, 0.29) is 20.9 Å². The van der Waals surface area contributed by atoms with E-state index in [0.717, 1.165) is 38.1 Å². The van der Waals surface area contributed by atoms with Gasteiger partial charge in [0.05, 0.1) is 23.2 Å². The predicted octanol–water partition coefficient (Wildman–Crippen LogP) is 4.52. The number of anilines is 1. The number of hydrogen-bond donors (Lipinski definition) is 1. The van der Waals surface area contributed by atoms with Crippen LogP contribution in [0, 0.1) is 11.7 Å². The first-order valence-electron chi connectivity index (χ1n) is 12.3. The van der Waals surface area contributed by atoms with Gasteiger partial charge in [0, 0.05) is 17.5 Å². The highest BCUT2D eigenvalue weighted by atomic mass is 32.2. The molecule has 13 heteroatoms. The van der Waals surface area contributed by atoms with Crippen LogP contribution in [-0.2, 0) is 16.4 Å². The third kappa shape index (κ3) is 4.97. The normalized spacial score (nSPS) is 14.4. The number of methoxy groups -OCH3 is 1. The lowest BCUT2D eigenvalue weighted by Gasteiger charge is -2.22. The lowest BCUT2D eigenvalue weighted by Crippen LogP contribution is -2.36. The van der Waals surface area contributed by atoms with Crippen LogP contribution in [-0.4, -0.2) is 41.4 Å². The molecule has 0 radical (unpaired) electrons. The molecule has 4 aromatic rings. The Balaban J connectivity index is 1.59. The van der Waals surface area contributed by atoms with Crippen molar-refractivity contribution in [1.29, 1.82) is 0 Å². The van der Waals surface area contributed by atoms with Crippen molar-refractivity contribution in [1.82, 2.24) is 14.7 Å². The number of hydrogen-bond acceptors (Lipinski definition) is 8. The van der Waals surface area contributed by atoms with Crippen molar-refractivity contribution < 1.29 is 32.0 Å². The molecule has 1 fully saturated rings. The zero-order valence-corrected chi connectivity index (χ0v) is 21.7. The van der Waals surface area contributed by atoms with Gasteiger partial charge in [-0.2, -0.15) is 4.98 Å². The lowest BCUT2D eigenvalue weighted by atomic mass is 9.84. The molecule has 1 N–H and O–H groups in total. The Morgan fingerprint density at radius 2 is 1.95 bits per heavy atom. The van der Waals surface area contributed by atoms with Crippen molar-refractivity contribution in [3.8, 4) is 11.4 Å². The van der Waals surface area contributed by atoms with Crippen LogP contribution in [0.5, 0.6) is 5.75 Å². The van der Waals surface area contributed by atoms with Crippen molar-refractivity contribution >= 4 is 33.0 Å². The Hall–Kier alpha value is -4.26.